The average Bonchev–Trinajstić information content (AvgIpc) is 2.86. The van der Waals surface area contributed by atoms with Crippen molar-refractivity contribution < 1.29 is 0 Å². The second-order valence-corrected chi connectivity index (χ2v) is 5.90. The van der Waals surface area contributed by atoms with Crippen LogP contribution in [-0.2, 0) is 0 Å². The van der Waals surface area contributed by atoms with E-state index in [0.717, 1.165) is 33.0 Å². The highest BCUT2D eigenvalue weighted by molar-refractivity contribution is 9.10. The minimum absolute atomic E-state index is 0.316. The van der Waals surface area contributed by atoms with Gasteiger partial charge >= 0.3 is 0 Å². The van der Waals surface area contributed by atoms with Crippen LogP contribution in [0, 0.1) is 0 Å². The van der Waals surface area contributed by atoms with E-state index in [2.05, 4.69) is 57.4 Å². The highest BCUT2D eigenvalue weighted by Crippen LogP contribution is 2.28. The molecule has 0 bridgehead atoms. The zero-order valence-electron chi connectivity index (χ0n) is 10.5. The van der Waals surface area contributed by atoms with E-state index in [9.17, 15) is 0 Å². The lowest BCUT2D eigenvalue weighted by Gasteiger charge is -2.10. The Hall–Kier alpha value is -0.780. The van der Waals surface area contributed by atoms with E-state index in [0.29, 0.717) is 6.04 Å². The highest BCUT2D eigenvalue weighted by atomic mass is 79.9. The molecule has 1 heterocycles. The third-order valence-corrected chi connectivity index (χ3v) is 4.30. The molecule has 1 atom stereocenters. The van der Waals surface area contributed by atoms with E-state index in [1.807, 2.05) is 12.1 Å². The van der Waals surface area contributed by atoms with Crippen LogP contribution in [0.4, 0.5) is 0 Å². The predicted molar refractivity (Wildman–Crippen MR) is 79.8 cm³/mol. The molecule has 1 aromatic carbocycles. The second-order valence-electron chi connectivity index (χ2n) is 3.97. The van der Waals surface area contributed by atoms with Crippen molar-refractivity contribution in [3.63, 3.8) is 0 Å². The topological polar surface area (TPSA) is 37.8 Å². The summed E-state index contributed by atoms with van der Waals surface area (Å²) in [6, 6.07) is 8.48. The van der Waals surface area contributed by atoms with Crippen LogP contribution in [0.5, 0.6) is 0 Å². The molecule has 0 aliphatic rings. The van der Waals surface area contributed by atoms with Crippen LogP contribution in [0.25, 0.3) is 10.6 Å². The first kappa shape index (κ1) is 13.6. The molecule has 0 amide bonds. The zero-order chi connectivity index (χ0) is 13.0. The Kier molecular flexibility index (Phi) is 4.86. The molecule has 0 saturated carbocycles. The molecule has 0 aliphatic heterocycles. The SMILES string of the molecule is CCNC(CC)c1nnc(-c2ccc(Br)cc2)s1. The Morgan fingerprint density at radius 1 is 1.22 bits per heavy atom. The summed E-state index contributed by atoms with van der Waals surface area (Å²) in [5.41, 5.74) is 1.12. The molecule has 0 radical (unpaired) electrons. The van der Waals surface area contributed by atoms with Gasteiger partial charge in [-0.2, -0.15) is 0 Å². The van der Waals surface area contributed by atoms with E-state index in [1.165, 1.54) is 0 Å². The molecule has 0 spiro atoms. The lowest BCUT2D eigenvalue weighted by atomic mass is 10.2. The molecule has 18 heavy (non-hydrogen) atoms. The Balaban J connectivity index is 2.21. The van der Waals surface area contributed by atoms with Gasteiger partial charge in [0.25, 0.3) is 0 Å². The fourth-order valence-electron chi connectivity index (χ4n) is 1.74. The van der Waals surface area contributed by atoms with Gasteiger partial charge in [0.05, 0.1) is 6.04 Å². The zero-order valence-corrected chi connectivity index (χ0v) is 12.9. The number of aromatic nitrogens is 2. The number of halogens is 1. The fourth-order valence-corrected chi connectivity index (χ4v) is 3.01. The Bertz CT molecular complexity index is 495. The van der Waals surface area contributed by atoms with Gasteiger partial charge in [0.15, 0.2) is 0 Å². The molecule has 0 saturated heterocycles. The van der Waals surface area contributed by atoms with E-state index in [1.54, 1.807) is 11.3 Å². The number of nitrogens with zero attached hydrogens (tertiary/aromatic N) is 2. The Morgan fingerprint density at radius 2 is 1.94 bits per heavy atom. The first-order chi connectivity index (χ1) is 8.74. The molecule has 1 aromatic heterocycles. The number of rotatable bonds is 5. The van der Waals surface area contributed by atoms with E-state index >= 15 is 0 Å². The standard InChI is InChI=1S/C13H16BrN3S/c1-3-11(15-4-2)13-17-16-12(18-13)9-5-7-10(14)8-6-9/h5-8,11,15H,3-4H2,1-2H3. The van der Waals surface area contributed by atoms with Gasteiger partial charge in [-0.3, -0.25) is 0 Å². The number of nitrogens with one attached hydrogen (secondary N) is 1. The average molecular weight is 326 g/mol. The van der Waals surface area contributed by atoms with Crippen LogP contribution in [-0.4, -0.2) is 16.7 Å². The van der Waals surface area contributed by atoms with Crippen LogP contribution >= 0.6 is 27.3 Å². The number of hydrogen-bond donors (Lipinski definition) is 1. The summed E-state index contributed by atoms with van der Waals surface area (Å²) in [7, 11) is 0. The molecule has 1 unspecified atom stereocenters. The van der Waals surface area contributed by atoms with Gasteiger partial charge in [-0.15, -0.1) is 10.2 Å². The van der Waals surface area contributed by atoms with Gasteiger partial charge in [-0.25, -0.2) is 0 Å². The second kappa shape index (κ2) is 6.41. The molecule has 2 rings (SSSR count). The van der Waals surface area contributed by atoms with E-state index < -0.39 is 0 Å². The molecule has 96 valence electrons. The Morgan fingerprint density at radius 3 is 2.56 bits per heavy atom. The van der Waals surface area contributed by atoms with Crippen molar-refractivity contribution in [1.29, 1.82) is 0 Å². The summed E-state index contributed by atoms with van der Waals surface area (Å²) < 4.78 is 1.08. The van der Waals surface area contributed by atoms with Crippen molar-refractivity contribution in [2.24, 2.45) is 0 Å². The summed E-state index contributed by atoms with van der Waals surface area (Å²) in [6.07, 6.45) is 1.03. The maximum absolute atomic E-state index is 4.30. The number of benzene rings is 1. The molecular weight excluding hydrogens is 310 g/mol. The van der Waals surface area contributed by atoms with E-state index in [4.69, 9.17) is 0 Å². The quantitative estimate of drug-likeness (QED) is 0.901. The van der Waals surface area contributed by atoms with Crippen LogP contribution in [0.3, 0.4) is 0 Å². The van der Waals surface area contributed by atoms with Crippen LogP contribution < -0.4 is 5.32 Å². The first-order valence-corrected chi connectivity index (χ1v) is 7.68. The van der Waals surface area contributed by atoms with Crippen LogP contribution in [0.1, 0.15) is 31.3 Å². The van der Waals surface area contributed by atoms with Gasteiger partial charge < -0.3 is 5.32 Å². The third-order valence-electron chi connectivity index (χ3n) is 2.69. The van der Waals surface area contributed by atoms with Gasteiger partial charge in [0, 0.05) is 10.0 Å². The Labute approximate surface area is 120 Å². The van der Waals surface area contributed by atoms with Crippen molar-refractivity contribution in [2.75, 3.05) is 6.54 Å². The minimum Gasteiger partial charge on any atom is -0.308 e. The van der Waals surface area contributed by atoms with Gasteiger partial charge in [-0.1, -0.05) is 53.2 Å². The van der Waals surface area contributed by atoms with Crippen LogP contribution in [0.2, 0.25) is 0 Å². The number of hydrogen-bond acceptors (Lipinski definition) is 4. The maximum atomic E-state index is 4.30. The van der Waals surface area contributed by atoms with Gasteiger partial charge in [0.1, 0.15) is 10.0 Å². The summed E-state index contributed by atoms with van der Waals surface area (Å²) in [5.74, 6) is 0. The van der Waals surface area contributed by atoms with Crippen molar-refractivity contribution in [2.45, 2.75) is 26.3 Å². The van der Waals surface area contributed by atoms with Crippen molar-refractivity contribution in [3.05, 3.63) is 33.7 Å². The summed E-state index contributed by atoms with van der Waals surface area (Å²) >= 11 is 5.10. The largest absolute Gasteiger partial charge is 0.308 e. The summed E-state index contributed by atoms with van der Waals surface area (Å²) in [5, 5.41) is 14.0. The van der Waals surface area contributed by atoms with Crippen molar-refractivity contribution in [3.8, 4) is 10.6 Å². The smallest absolute Gasteiger partial charge is 0.147 e. The van der Waals surface area contributed by atoms with Gasteiger partial charge in [0.2, 0.25) is 0 Å². The molecule has 2 aromatic rings. The summed E-state index contributed by atoms with van der Waals surface area (Å²) in [6.45, 7) is 5.22. The summed E-state index contributed by atoms with van der Waals surface area (Å²) in [4.78, 5) is 0. The molecule has 0 fully saturated rings. The fraction of sp³-hybridized carbons (Fsp3) is 0.385. The third kappa shape index (κ3) is 3.16. The van der Waals surface area contributed by atoms with Crippen LogP contribution in [0.15, 0.2) is 28.7 Å². The molecule has 0 aliphatic carbocycles. The lowest BCUT2D eigenvalue weighted by molar-refractivity contribution is 0.531. The highest BCUT2D eigenvalue weighted by Gasteiger charge is 2.14. The molecule has 3 nitrogen and oxygen atoms in total. The van der Waals surface area contributed by atoms with Crippen molar-refractivity contribution >= 4 is 27.3 Å². The normalized spacial score (nSPS) is 12.6. The predicted octanol–water partition coefficient (Wildman–Crippen LogP) is 4.03. The minimum atomic E-state index is 0.316. The molecular formula is C13H16BrN3S. The monoisotopic (exact) mass is 325 g/mol. The molecule has 5 heteroatoms. The van der Waals surface area contributed by atoms with E-state index in [-0.39, 0.29) is 0 Å². The first-order valence-electron chi connectivity index (χ1n) is 6.07. The van der Waals surface area contributed by atoms with Gasteiger partial charge in [-0.05, 0) is 25.1 Å². The molecule has 1 N–H and O–H groups in total. The maximum Gasteiger partial charge on any atom is 0.147 e. The van der Waals surface area contributed by atoms with Crippen molar-refractivity contribution in [1.82, 2.24) is 15.5 Å². The lowest BCUT2D eigenvalue weighted by Crippen LogP contribution is -2.19.